The van der Waals surface area contributed by atoms with Gasteiger partial charge >= 0.3 is 0 Å². The molecule has 0 saturated carbocycles. The minimum absolute atomic E-state index is 0.158. The molecule has 0 unspecified atom stereocenters. The number of aryl methyl sites for hydroxylation is 2. The molecule has 1 amide bonds. The molecule has 0 radical (unpaired) electrons. The molecule has 1 N–H and O–H groups in total. The maximum atomic E-state index is 12.7. The Morgan fingerprint density at radius 1 is 1.39 bits per heavy atom. The van der Waals surface area contributed by atoms with Crippen molar-refractivity contribution < 1.29 is 13.2 Å². The Morgan fingerprint density at radius 2 is 2.00 bits per heavy atom. The molecule has 0 aromatic carbocycles. The van der Waals surface area contributed by atoms with Crippen molar-refractivity contribution in [3.05, 3.63) is 17.5 Å². The van der Waals surface area contributed by atoms with Crippen LogP contribution in [0.4, 0.5) is 0 Å². The number of hydrogen-bond acceptors (Lipinski definition) is 4. The highest BCUT2D eigenvalue weighted by Gasteiger charge is 2.42. The summed E-state index contributed by atoms with van der Waals surface area (Å²) in [5.41, 5.74) is 1.57. The molecule has 23 heavy (non-hydrogen) atoms. The highest BCUT2D eigenvalue weighted by molar-refractivity contribution is 7.87. The molecule has 2 rings (SSSR count). The number of carbonyl (C=O) groups is 1. The summed E-state index contributed by atoms with van der Waals surface area (Å²) in [6.07, 6.45) is 2.18. The molecule has 130 valence electrons. The summed E-state index contributed by atoms with van der Waals surface area (Å²) in [6, 6.07) is -1.15. The van der Waals surface area contributed by atoms with E-state index in [2.05, 4.69) is 9.82 Å². The Bertz CT molecular complexity index is 681. The van der Waals surface area contributed by atoms with Crippen molar-refractivity contribution in [2.24, 2.45) is 7.05 Å². The van der Waals surface area contributed by atoms with Gasteiger partial charge in [0.2, 0.25) is 5.91 Å². The quantitative estimate of drug-likeness (QED) is 0.845. The number of likely N-dealkylation sites (N-methyl/N-ethyl adjacent to an activating group) is 2. The van der Waals surface area contributed by atoms with E-state index >= 15 is 0 Å². The van der Waals surface area contributed by atoms with Crippen LogP contribution in [-0.4, -0.2) is 59.5 Å². The van der Waals surface area contributed by atoms with E-state index in [4.69, 9.17) is 0 Å². The summed E-state index contributed by atoms with van der Waals surface area (Å²) in [5.74, 6) is -0.158. The lowest BCUT2D eigenvalue weighted by Crippen LogP contribution is -2.57. The fourth-order valence-electron chi connectivity index (χ4n) is 3.00. The lowest BCUT2D eigenvalue weighted by atomic mass is 10.00. The minimum atomic E-state index is -3.71. The van der Waals surface area contributed by atoms with Gasteiger partial charge in [0, 0.05) is 38.9 Å². The van der Waals surface area contributed by atoms with Crippen LogP contribution in [0.5, 0.6) is 0 Å². The highest BCUT2D eigenvalue weighted by Crippen LogP contribution is 2.29. The number of rotatable bonds is 4. The van der Waals surface area contributed by atoms with Crippen molar-refractivity contribution in [1.29, 1.82) is 0 Å². The summed E-state index contributed by atoms with van der Waals surface area (Å²) in [5, 5.41) is 4.26. The van der Waals surface area contributed by atoms with Crippen molar-refractivity contribution in [2.45, 2.75) is 39.3 Å². The smallest absolute Gasteiger partial charge is 0.280 e. The third kappa shape index (κ3) is 3.41. The van der Waals surface area contributed by atoms with Gasteiger partial charge in [0.25, 0.3) is 10.2 Å². The maximum absolute atomic E-state index is 12.7. The van der Waals surface area contributed by atoms with Gasteiger partial charge in [-0.05, 0) is 27.2 Å². The van der Waals surface area contributed by atoms with E-state index in [1.165, 1.54) is 7.05 Å². The first-order valence-electron chi connectivity index (χ1n) is 7.75. The van der Waals surface area contributed by atoms with Gasteiger partial charge in [-0.15, -0.1) is 0 Å². The Morgan fingerprint density at radius 3 is 2.48 bits per heavy atom. The van der Waals surface area contributed by atoms with Gasteiger partial charge < -0.3 is 4.90 Å². The topological polar surface area (TPSA) is 87.5 Å². The van der Waals surface area contributed by atoms with E-state index in [-0.39, 0.29) is 5.91 Å². The number of amides is 1. The number of nitrogens with one attached hydrogen (secondary N) is 1. The second kappa shape index (κ2) is 6.58. The minimum Gasteiger partial charge on any atom is -0.342 e. The Hall–Kier alpha value is -1.45. The molecule has 1 saturated heterocycles. The summed E-state index contributed by atoms with van der Waals surface area (Å²) in [4.78, 5) is 14.4. The molecule has 0 aliphatic carbocycles. The largest absolute Gasteiger partial charge is 0.342 e. The lowest BCUT2D eigenvalue weighted by Gasteiger charge is -2.38. The first-order chi connectivity index (χ1) is 10.7. The van der Waals surface area contributed by atoms with E-state index in [0.717, 1.165) is 15.6 Å². The Labute approximate surface area is 137 Å². The van der Waals surface area contributed by atoms with Crippen LogP contribution in [0.2, 0.25) is 0 Å². The lowest BCUT2D eigenvalue weighted by molar-refractivity contribution is -0.135. The molecule has 0 spiro atoms. The summed E-state index contributed by atoms with van der Waals surface area (Å²) in [7, 11) is -0.476. The van der Waals surface area contributed by atoms with Gasteiger partial charge in [-0.3, -0.25) is 9.48 Å². The average molecular weight is 343 g/mol. The van der Waals surface area contributed by atoms with Crippen LogP contribution in [0.3, 0.4) is 0 Å². The molecule has 2 heterocycles. The predicted molar refractivity (Wildman–Crippen MR) is 86.8 cm³/mol. The molecule has 2 atom stereocenters. The van der Waals surface area contributed by atoms with Crippen LogP contribution < -0.4 is 4.72 Å². The van der Waals surface area contributed by atoms with E-state index in [1.54, 1.807) is 22.8 Å². The maximum Gasteiger partial charge on any atom is 0.280 e. The van der Waals surface area contributed by atoms with Gasteiger partial charge in [0.05, 0.1) is 11.7 Å². The molecule has 1 fully saturated rings. The zero-order valence-electron chi connectivity index (χ0n) is 14.3. The fraction of sp³-hybridized carbons (Fsp3) is 0.714. The van der Waals surface area contributed by atoms with Crippen LogP contribution in [0.1, 0.15) is 37.6 Å². The van der Waals surface area contributed by atoms with Crippen LogP contribution in [0.15, 0.2) is 6.20 Å². The van der Waals surface area contributed by atoms with E-state index in [0.29, 0.717) is 19.5 Å². The van der Waals surface area contributed by atoms with Crippen LogP contribution >= 0.6 is 0 Å². The summed E-state index contributed by atoms with van der Waals surface area (Å²) in [6.45, 7) is 6.73. The number of aromatic nitrogens is 2. The van der Waals surface area contributed by atoms with Gasteiger partial charge in [-0.2, -0.15) is 22.5 Å². The molecule has 0 bridgehead atoms. The van der Waals surface area contributed by atoms with Crippen molar-refractivity contribution in [3.63, 3.8) is 0 Å². The summed E-state index contributed by atoms with van der Waals surface area (Å²) < 4.78 is 30.3. The van der Waals surface area contributed by atoms with Crippen molar-refractivity contribution in [3.8, 4) is 0 Å². The Balaban J connectivity index is 2.36. The third-order valence-corrected chi connectivity index (χ3v) is 5.95. The van der Waals surface area contributed by atoms with Crippen LogP contribution in [-0.2, 0) is 22.1 Å². The van der Waals surface area contributed by atoms with Crippen LogP contribution in [0, 0.1) is 6.92 Å². The number of nitrogens with zero attached hydrogens (tertiary/aromatic N) is 4. The molecule has 8 nitrogen and oxygen atoms in total. The second-order valence-electron chi connectivity index (χ2n) is 5.80. The number of carbonyl (C=O) groups excluding carboxylic acids is 1. The van der Waals surface area contributed by atoms with Crippen molar-refractivity contribution in [1.82, 2.24) is 23.7 Å². The van der Waals surface area contributed by atoms with Gasteiger partial charge in [-0.1, -0.05) is 0 Å². The third-order valence-electron chi connectivity index (χ3n) is 4.36. The van der Waals surface area contributed by atoms with Gasteiger partial charge in [0.15, 0.2) is 0 Å². The number of hydrogen-bond donors (Lipinski definition) is 1. The molecule has 1 aliphatic rings. The average Bonchev–Trinajstić information content (AvgIpc) is 2.81. The molecular weight excluding hydrogens is 318 g/mol. The molecule has 1 aromatic heterocycles. The van der Waals surface area contributed by atoms with E-state index in [1.807, 2.05) is 20.8 Å². The Kier molecular flexibility index (Phi) is 5.12. The summed E-state index contributed by atoms with van der Waals surface area (Å²) >= 11 is 0. The fourth-order valence-corrected chi connectivity index (χ4v) is 4.26. The SMILES string of the molecule is CCN(CC)C(=O)[C@H]1C[C@@H](c2cn(C)nc2C)NS(=O)(=O)N1C. The van der Waals surface area contributed by atoms with E-state index in [9.17, 15) is 13.2 Å². The van der Waals surface area contributed by atoms with Gasteiger partial charge in [0.1, 0.15) is 6.04 Å². The normalized spacial score (nSPS) is 24.6. The predicted octanol–water partition coefficient (Wildman–Crippen LogP) is 0.177. The van der Waals surface area contributed by atoms with Crippen molar-refractivity contribution in [2.75, 3.05) is 20.1 Å². The van der Waals surface area contributed by atoms with Crippen LogP contribution in [0.25, 0.3) is 0 Å². The molecule has 9 heteroatoms. The van der Waals surface area contributed by atoms with Crippen molar-refractivity contribution >= 4 is 16.1 Å². The molecule has 1 aliphatic heterocycles. The first kappa shape index (κ1) is 17.9. The standard InChI is InChI=1S/C14H25N5O3S/c1-6-19(7-2)14(20)13-8-12(16-23(21,22)18(13)5)11-9-17(4)15-10(11)3/h9,12-13,16H,6-8H2,1-5H3/t12-,13+/m0/s1. The molecule has 1 aromatic rings. The van der Waals surface area contributed by atoms with Gasteiger partial charge in [-0.25, -0.2) is 0 Å². The monoisotopic (exact) mass is 343 g/mol. The molecular formula is C14H25N5O3S. The zero-order chi connectivity index (χ0) is 17.4. The first-order valence-corrected chi connectivity index (χ1v) is 9.19. The second-order valence-corrected chi connectivity index (χ2v) is 7.56. The highest BCUT2D eigenvalue weighted by atomic mass is 32.2. The van der Waals surface area contributed by atoms with E-state index < -0.39 is 22.3 Å². The zero-order valence-corrected chi connectivity index (χ0v) is 15.1.